The second kappa shape index (κ2) is 4.30. The molecule has 0 saturated carbocycles. The molecule has 0 aliphatic rings. The van der Waals surface area contributed by atoms with Crippen LogP contribution in [0.2, 0.25) is 5.02 Å². The number of aliphatic hydroxyl groups is 1. The van der Waals surface area contributed by atoms with E-state index in [0.29, 0.717) is 17.2 Å². The molecule has 1 atom stereocenters. The fourth-order valence-electron chi connectivity index (χ4n) is 2.21. The van der Waals surface area contributed by atoms with E-state index in [2.05, 4.69) is 0 Å². The summed E-state index contributed by atoms with van der Waals surface area (Å²) in [5.41, 5.74) is 0.789. The number of hydrogen-bond acceptors (Lipinski definition) is 2. The molecule has 0 aliphatic heterocycles. The summed E-state index contributed by atoms with van der Waals surface area (Å²) in [6.45, 7) is 1.92. The van der Waals surface area contributed by atoms with Crippen LogP contribution in [-0.4, -0.2) is 5.11 Å². The maximum atomic E-state index is 9.84. The van der Waals surface area contributed by atoms with Gasteiger partial charge in [0.2, 0.25) is 0 Å². The first-order valence-corrected chi connectivity index (χ1v) is 6.37. The van der Waals surface area contributed by atoms with Crippen LogP contribution in [-0.2, 0) is 0 Å². The molecule has 0 radical (unpaired) electrons. The van der Waals surface area contributed by atoms with Gasteiger partial charge in [0.15, 0.2) is 0 Å². The molecule has 92 valence electrons. The molecule has 0 amide bonds. The lowest BCUT2D eigenvalue weighted by atomic mass is 10.1. The number of hydrogen-bond donors (Lipinski definition) is 1. The van der Waals surface area contributed by atoms with Gasteiger partial charge in [-0.1, -0.05) is 42.8 Å². The van der Waals surface area contributed by atoms with E-state index in [1.54, 1.807) is 0 Å². The van der Waals surface area contributed by atoms with Gasteiger partial charge in [0.1, 0.15) is 17.4 Å². The summed E-state index contributed by atoms with van der Waals surface area (Å²) in [7, 11) is 0. The highest BCUT2D eigenvalue weighted by Gasteiger charge is 2.14. The van der Waals surface area contributed by atoms with Gasteiger partial charge in [-0.05, 0) is 18.6 Å². The summed E-state index contributed by atoms with van der Waals surface area (Å²) in [5, 5.41) is 13.4. The highest BCUT2D eigenvalue weighted by atomic mass is 35.5. The smallest absolute Gasteiger partial charge is 0.142 e. The van der Waals surface area contributed by atoms with Gasteiger partial charge in [-0.25, -0.2) is 0 Å². The molecule has 1 N–H and O–H groups in total. The van der Waals surface area contributed by atoms with Gasteiger partial charge in [-0.15, -0.1) is 0 Å². The van der Waals surface area contributed by atoms with Crippen molar-refractivity contribution >= 4 is 33.3 Å². The van der Waals surface area contributed by atoms with E-state index >= 15 is 0 Å². The fourth-order valence-corrected chi connectivity index (χ4v) is 2.49. The van der Waals surface area contributed by atoms with Crippen LogP contribution >= 0.6 is 11.6 Å². The highest BCUT2D eigenvalue weighted by Crippen LogP contribution is 2.35. The largest absolute Gasteiger partial charge is 0.458 e. The normalized spacial score (nSPS) is 13.3. The van der Waals surface area contributed by atoms with Gasteiger partial charge in [0.25, 0.3) is 0 Å². The third-order valence-electron chi connectivity index (χ3n) is 3.21. The van der Waals surface area contributed by atoms with Gasteiger partial charge in [-0.2, -0.15) is 0 Å². The molecule has 2 nitrogen and oxygen atoms in total. The van der Waals surface area contributed by atoms with E-state index in [4.69, 9.17) is 16.0 Å². The minimum absolute atomic E-state index is 0.560. The van der Waals surface area contributed by atoms with Gasteiger partial charge in [-0.3, -0.25) is 0 Å². The summed E-state index contributed by atoms with van der Waals surface area (Å²) < 4.78 is 5.78. The van der Waals surface area contributed by atoms with Crippen molar-refractivity contribution in [3.63, 3.8) is 0 Å². The minimum Gasteiger partial charge on any atom is -0.458 e. The second-order valence-corrected chi connectivity index (χ2v) is 4.80. The molecule has 1 heterocycles. The zero-order valence-electron chi connectivity index (χ0n) is 9.98. The van der Waals surface area contributed by atoms with Crippen molar-refractivity contribution in [1.82, 2.24) is 0 Å². The molecule has 0 saturated heterocycles. The van der Waals surface area contributed by atoms with Gasteiger partial charge >= 0.3 is 0 Å². The maximum absolute atomic E-state index is 9.84. The van der Waals surface area contributed by atoms with Crippen LogP contribution in [0.15, 0.2) is 40.8 Å². The van der Waals surface area contributed by atoms with Crippen LogP contribution in [0.1, 0.15) is 25.2 Å². The Balaban J connectivity index is 2.36. The molecule has 3 aromatic rings. The van der Waals surface area contributed by atoms with Crippen LogP contribution in [0.3, 0.4) is 0 Å². The second-order valence-electron chi connectivity index (χ2n) is 4.40. The summed E-state index contributed by atoms with van der Waals surface area (Å²) in [6.07, 6.45) is 0.0702. The Kier molecular flexibility index (Phi) is 2.77. The molecule has 18 heavy (non-hydrogen) atoms. The van der Waals surface area contributed by atoms with Crippen LogP contribution in [0.5, 0.6) is 0 Å². The average Bonchev–Trinajstić information content (AvgIpc) is 2.82. The van der Waals surface area contributed by atoms with Crippen LogP contribution in [0.25, 0.3) is 21.7 Å². The van der Waals surface area contributed by atoms with E-state index in [1.165, 1.54) is 0 Å². The van der Waals surface area contributed by atoms with Crippen LogP contribution in [0.4, 0.5) is 0 Å². The van der Waals surface area contributed by atoms with Crippen molar-refractivity contribution in [2.75, 3.05) is 0 Å². The topological polar surface area (TPSA) is 33.4 Å². The summed E-state index contributed by atoms with van der Waals surface area (Å²) in [6, 6.07) is 11.6. The number of aliphatic hydroxyl groups excluding tert-OH is 1. The lowest BCUT2D eigenvalue weighted by Crippen LogP contribution is -1.90. The number of fused-ring (bicyclic) bond motifs is 3. The van der Waals surface area contributed by atoms with Crippen molar-refractivity contribution < 1.29 is 9.52 Å². The summed E-state index contributed by atoms with van der Waals surface area (Å²) >= 11 is 6.25. The molecule has 2 aromatic carbocycles. The molecular weight excluding hydrogens is 248 g/mol. The highest BCUT2D eigenvalue weighted by molar-refractivity contribution is 6.37. The molecule has 0 spiro atoms. The van der Waals surface area contributed by atoms with Crippen molar-refractivity contribution in [2.45, 2.75) is 19.4 Å². The third kappa shape index (κ3) is 1.69. The van der Waals surface area contributed by atoms with E-state index in [9.17, 15) is 5.11 Å². The number of furan rings is 1. The zero-order chi connectivity index (χ0) is 12.7. The Hall–Kier alpha value is -1.51. The average molecular weight is 261 g/mol. The number of rotatable bonds is 2. The predicted molar refractivity (Wildman–Crippen MR) is 74.0 cm³/mol. The van der Waals surface area contributed by atoms with E-state index in [-0.39, 0.29) is 0 Å². The molecule has 3 rings (SSSR count). The first-order chi connectivity index (χ1) is 8.70. The zero-order valence-corrected chi connectivity index (χ0v) is 10.7. The van der Waals surface area contributed by atoms with E-state index < -0.39 is 6.10 Å². The summed E-state index contributed by atoms with van der Waals surface area (Å²) in [4.78, 5) is 0. The van der Waals surface area contributed by atoms with Crippen molar-refractivity contribution in [3.05, 3.63) is 47.2 Å². The molecule has 1 aromatic heterocycles. The Labute approximate surface area is 110 Å². The Morgan fingerprint density at radius 1 is 1.22 bits per heavy atom. The predicted octanol–water partition coefficient (Wildman–Crippen LogP) is 4.68. The first kappa shape index (κ1) is 11.6. The third-order valence-corrected chi connectivity index (χ3v) is 3.52. The number of halogens is 1. The van der Waals surface area contributed by atoms with E-state index in [1.807, 2.05) is 43.3 Å². The summed E-state index contributed by atoms with van der Waals surface area (Å²) in [5.74, 6) is 0.597. The molecule has 3 heteroatoms. The monoisotopic (exact) mass is 260 g/mol. The standard InChI is InChI=1S/C15H13ClO2/c1-2-13(17)14-8-9-7-12(16)10-5-3-4-6-11(10)15(9)18-14/h3-8,13,17H,2H2,1H3. The lowest BCUT2D eigenvalue weighted by Gasteiger charge is -2.02. The van der Waals surface area contributed by atoms with Gasteiger partial charge < -0.3 is 9.52 Å². The van der Waals surface area contributed by atoms with Gasteiger partial charge in [0.05, 0.1) is 0 Å². The minimum atomic E-state index is -0.560. The maximum Gasteiger partial charge on any atom is 0.142 e. The molecule has 1 unspecified atom stereocenters. The van der Waals surface area contributed by atoms with Crippen molar-refractivity contribution in [3.8, 4) is 0 Å². The molecular formula is C15H13ClO2. The Bertz CT molecular complexity index is 715. The SMILES string of the molecule is CCC(O)c1cc2cc(Cl)c3ccccc3c2o1. The van der Waals surface area contributed by atoms with Crippen molar-refractivity contribution in [1.29, 1.82) is 0 Å². The number of benzene rings is 2. The Morgan fingerprint density at radius 3 is 2.67 bits per heavy atom. The molecule has 0 bridgehead atoms. The van der Waals surface area contributed by atoms with Crippen molar-refractivity contribution in [2.24, 2.45) is 0 Å². The van der Waals surface area contributed by atoms with E-state index in [0.717, 1.165) is 21.7 Å². The first-order valence-electron chi connectivity index (χ1n) is 5.99. The quantitative estimate of drug-likeness (QED) is 0.726. The van der Waals surface area contributed by atoms with Crippen LogP contribution in [0, 0.1) is 0 Å². The Morgan fingerprint density at radius 2 is 1.94 bits per heavy atom. The fraction of sp³-hybridized carbons (Fsp3) is 0.200. The molecule has 0 aliphatic carbocycles. The van der Waals surface area contributed by atoms with Gasteiger partial charge in [0, 0.05) is 21.2 Å². The molecule has 0 fully saturated rings. The lowest BCUT2D eigenvalue weighted by molar-refractivity contribution is 0.148. The van der Waals surface area contributed by atoms with Crippen LogP contribution < -0.4 is 0 Å².